The molecule has 0 spiro atoms. The van der Waals surface area contributed by atoms with Gasteiger partial charge in [-0.1, -0.05) is 12.8 Å². The van der Waals surface area contributed by atoms with Crippen molar-refractivity contribution in [1.29, 1.82) is 0 Å². The summed E-state index contributed by atoms with van der Waals surface area (Å²) in [5.41, 5.74) is 0.229. The zero-order valence-corrected chi connectivity index (χ0v) is 11.4. The van der Waals surface area contributed by atoms with E-state index in [1.165, 1.54) is 31.2 Å². The lowest BCUT2D eigenvalue weighted by Crippen LogP contribution is -2.40. The molecule has 0 heterocycles. The number of benzene rings is 1. The summed E-state index contributed by atoms with van der Waals surface area (Å²) < 4.78 is 17.8. The van der Waals surface area contributed by atoms with Crippen molar-refractivity contribution in [2.45, 2.75) is 44.8 Å². The highest BCUT2D eigenvalue weighted by Gasteiger charge is 2.23. The molecule has 0 bridgehead atoms. The van der Waals surface area contributed by atoms with Gasteiger partial charge in [0.2, 0.25) is 0 Å². The SMILES string of the molecule is C[C@H](OC(=O)c1ccc(F)cc1)C(=O)NC1CCCC1. The van der Waals surface area contributed by atoms with Crippen molar-refractivity contribution < 1.29 is 18.7 Å². The number of ether oxygens (including phenoxy) is 1. The molecule has 20 heavy (non-hydrogen) atoms. The second-order valence-corrected chi connectivity index (χ2v) is 5.04. The van der Waals surface area contributed by atoms with E-state index in [1.807, 2.05) is 0 Å². The summed E-state index contributed by atoms with van der Waals surface area (Å²) in [6.07, 6.45) is 3.34. The van der Waals surface area contributed by atoms with Crippen LogP contribution < -0.4 is 5.32 Å². The number of carbonyl (C=O) groups is 2. The van der Waals surface area contributed by atoms with E-state index in [4.69, 9.17) is 4.74 Å². The second kappa shape index (κ2) is 6.50. The minimum absolute atomic E-state index is 0.189. The van der Waals surface area contributed by atoms with Crippen LogP contribution in [0.2, 0.25) is 0 Å². The molecule has 1 N–H and O–H groups in total. The van der Waals surface area contributed by atoms with E-state index in [0.717, 1.165) is 25.7 Å². The fraction of sp³-hybridized carbons (Fsp3) is 0.467. The number of halogens is 1. The van der Waals surface area contributed by atoms with E-state index in [2.05, 4.69) is 5.32 Å². The number of nitrogens with one attached hydrogen (secondary N) is 1. The summed E-state index contributed by atoms with van der Waals surface area (Å²) in [7, 11) is 0. The number of esters is 1. The molecule has 1 fully saturated rings. The largest absolute Gasteiger partial charge is 0.449 e. The zero-order valence-electron chi connectivity index (χ0n) is 11.4. The first-order valence-electron chi connectivity index (χ1n) is 6.83. The van der Waals surface area contributed by atoms with Gasteiger partial charge in [-0.25, -0.2) is 9.18 Å². The normalized spacial score (nSPS) is 16.7. The van der Waals surface area contributed by atoms with Gasteiger partial charge in [-0.2, -0.15) is 0 Å². The van der Waals surface area contributed by atoms with Gasteiger partial charge in [-0.3, -0.25) is 4.79 Å². The van der Waals surface area contributed by atoms with Gasteiger partial charge in [0.25, 0.3) is 5.91 Å². The van der Waals surface area contributed by atoms with Crippen LogP contribution in [0.4, 0.5) is 4.39 Å². The summed E-state index contributed by atoms with van der Waals surface area (Å²) in [5, 5.41) is 2.87. The van der Waals surface area contributed by atoms with Gasteiger partial charge in [0.15, 0.2) is 6.10 Å². The quantitative estimate of drug-likeness (QED) is 0.861. The van der Waals surface area contributed by atoms with E-state index >= 15 is 0 Å². The van der Waals surface area contributed by atoms with Crippen LogP contribution in [0, 0.1) is 5.82 Å². The number of hydrogen-bond acceptors (Lipinski definition) is 3. The summed E-state index contributed by atoms with van der Waals surface area (Å²) in [6, 6.07) is 5.22. The molecular weight excluding hydrogens is 261 g/mol. The molecule has 1 aliphatic rings. The van der Waals surface area contributed by atoms with Crippen molar-refractivity contribution in [3.63, 3.8) is 0 Å². The first kappa shape index (κ1) is 14.5. The Morgan fingerprint density at radius 1 is 1.25 bits per heavy atom. The summed E-state index contributed by atoms with van der Waals surface area (Å²) in [6.45, 7) is 1.53. The van der Waals surface area contributed by atoms with Gasteiger partial charge in [0.05, 0.1) is 5.56 Å². The average Bonchev–Trinajstić information content (AvgIpc) is 2.92. The Bertz CT molecular complexity index is 480. The fourth-order valence-electron chi connectivity index (χ4n) is 2.26. The lowest BCUT2D eigenvalue weighted by atomic mass is 10.2. The molecule has 0 saturated heterocycles. The average molecular weight is 279 g/mol. The molecule has 1 saturated carbocycles. The molecule has 1 aromatic rings. The number of hydrogen-bond donors (Lipinski definition) is 1. The first-order chi connectivity index (χ1) is 9.56. The summed E-state index contributed by atoms with van der Waals surface area (Å²) >= 11 is 0. The maximum atomic E-state index is 12.8. The van der Waals surface area contributed by atoms with Crippen molar-refractivity contribution >= 4 is 11.9 Å². The Hall–Kier alpha value is -1.91. The maximum Gasteiger partial charge on any atom is 0.338 e. The molecule has 4 nitrogen and oxygen atoms in total. The van der Waals surface area contributed by atoms with Gasteiger partial charge in [-0.15, -0.1) is 0 Å². The second-order valence-electron chi connectivity index (χ2n) is 5.04. The Morgan fingerprint density at radius 3 is 2.45 bits per heavy atom. The van der Waals surface area contributed by atoms with Crippen LogP contribution >= 0.6 is 0 Å². The highest BCUT2D eigenvalue weighted by atomic mass is 19.1. The number of amides is 1. The van der Waals surface area contributed by atoms with Crippen LogP contribution in [-0.2, 0) is 9.53 Å². The lowest BCUT2D eigenvalue weighted by molar-refractivity contribution is -0.129. The number of carbonyl (C=O) groups excluding carboxylic acids is 2. The highest BCUT2D eigenvalue weighted by Crippen LogP contribution is 2.17. The van der Waals surface area contributed by atoms with Crippen molar-refractivity contribution in [2.75, 3.05) is 0 Å². The Morgan fingerprint density at radius 2 is 1.85 bits per heavy atom. The van der Waals surface area contributed by atoms with E-state index in [0.29, 0.717) is 0 Å². The van der Waals surface area contributed by atoms with Crippen molar-refractivity contribution in [2.24, 2.45) is 0 Å². The molecule has 2 rings (SSSR count). The van der Waals surface area contributed by atoms with E-state index in [-0.39, 0.29) is 17.5 Å². The summed E-state index contributed by atoms with van der Waals surface area (Å²) in [5.74, 6) is -1.33. The topological polar surface area (TPSA) is 55.4 Å². The van der Waals surface area contributed by atoms with Gasteiger partial charge in [0, 0.05) is 6.04 Å². The van der Waals surface area contributed by atoms with Crippen molar-refractivity contribution in [3.8, 4) is 0 Å². The standard InChI is InChI=1S/C15H18FNO3/c1-10(14(18)17-13-4-2-3-5-13)20-15(19)11-6-8-12(16)9-7-11/h6-10,13H,2-5H2,1H3,(H,17,18)/t10-/m0/s1. The smallest absolute Gasteiger partial charge is 0.338 e. The molecule has 108 valence electrons. The van der Waals surface area contributed by atoms with Crippen LogP contribution in [0.1, 0.15) is 43.0 Å². The minimum atomic E-state index is -0.854. The van der Waals surface area contributed by atoms with E-state index < -0.39 is 17.9 Å². The summed E-state index contributed by atoms with van der Waals surface area (Å²) in [4.78, 5) is 23.7. The molecule has 0 unspecified atom stereocenters. The molecule has 1 atom stereocenters. The third-order valence-electron chi connectivity index (χ3n) is 3.43. The van der Waals surface area contributed by atoms with E-state index in [1.54, 1.807) is 0 Å². The predicted octanol–water partition coefficient (Wildman–Crippen LogP) is 2.43. The third kappa shape index (κ3) is 3.79. The molecule has 1 aromatic carbocycles. The first-order valence-corrected chi connectivity index (χ1v) is 6.83. The Kier molecular flexibility index (Phi) is 4.71. The van der Waals surface area contributed by atoms with Crippen LogP contribution in [0.3, 0.4) is 0 Å². The monoisotopic (exact) mass is 279 g/mol. The van der Waals surface area contributed by atoms with Crippen molar-refractivity contribution in [3.05, 3.63) is 35.6 Å². The Labute approximate surface area is 117 Å². The Balaban J connectivity index is 1.86. The van der Waals surface area contributed by atoms with Crippen LogP contribution in [0.5, 0.6) is 0 Å². The van der Waals surface area contributed by atoms with Crippen LogP contribution in [0.15, 0.2) is 24.3 Å². The van der Waals surface area contributed by atoms with Gasteiger partial charge in [0.1, 0.15) is 5.82 Å². The van der Waals surface area contributed by atoms with Crippen LogP contribution in [-0.4, -0.2) is 24.0 Å². The molecule has 5 heteroatoms. The molecule has 0 aliphatic heterocycles. The van der Waals surface area contributed by atoms with Crippen molar-refractivity contribution in [1.82, 2.24) is 5.32 Å². The van der Waals surface area contributed by atoms with Gasteiger partial charge >= 0.3 is 5.97 Å². The van der Waals surface area contributed by atoms with Gasteiger partial charge in [-0.05, 0) is 44.0 Å². The van der Waals surface area contributed by atoms with E-state index in [9.17, 15) is 14.0 Å². The molecule has 1 aliphatic carbocycles. The zero-order chi connectivity index (χ0) is 14.5. The third-order valence-corrected chi connectivity index (χ3v) is 3.43. The predicted molar refractivity (Wildman–Crippen MR) is 71.7 cm³/mol. The maximum absolute atomic E-state index is 12.8. The minimum Gasteiger partial charge on any atom is -0.449 e. The molecular formula is C15H18FNO3. The lowest BCUT2D eigenvalue weighted by Gasteiger charge is -2.17. The van der Waals surface area contributed by atoms with Crippen LogP contribution in [0.25, 0.3) is 0 Å². The highest BCUT2D eigenvalue weighted by molar-refractivity contribution is 5.92. The number of rotatable bonds is 4. The molecule has 1 amide bonds. The van der Waals surface area contributed by atoms with Gasteiger partial charge < -0.3 is 10.1 Å². The fourth-order valence-corrected chi connectivity index (χ4v) is 2.26. The molecule has 0 radical (unpaired) electrons. The molecule has 0 aromatic heterocycles.